The summed E-state index contributed by atoms with van der Waals surface area (Å²) < 4.78 is 0. The van der Waals surface area contributed by atoms with Crippen molar-refractivity contribution in [3.05, 3.63) is 105 Å². The van der Waals surface area contributed by atoms with Crippen molar-refractivity contribution in [2.24, 2.45) is 0 Å². The highest BCUT2D eigenvalue weighted by molar-refractivity contribution is 7.98. The number of aromatic amines is 1. The number of nitrogens with zero attached hydrogens (tertiary/aromatic N) is 2. The van der Waals surface area contributed by atoms with Gasteiger partial charge >= 0.3 is 0 Å². The Labute approximate surface area is 201 Å². The lowest BCUT2D eigenvalue weighted by molar-refractivity contribution is 0.0685. The van der Waals surface area contributed by atoms with Crippen LogP contribution in [0.2, 0.25) is 5.02 Å². The van der Waals surface area contributed by atoms with E-state index in [1.54, 1.807) is 34.9 Å². The molecule has 1 N–H and O–H groups in total. The molecule has 0 saturated carbocycles. The van der Waals surface area contributed by atoms with Gasteiger partial charge in [-0.3, -0.25) is 9.59 Å². The third-order valence-corrected chi connectivity index (χ3v) is 6.62. The van der Waals surface area contributed by atoms with Gasteiger partial charge in [-0.05, 0) is 67.9 Å². The number of fused-ring (bicyclic) bond motifs is 1. The number of carbonyl (C=O) groups is 1. The highest BCUT2D eigenvalue weighted by Crippen LogP contribution is 2.24. The number of aromatic nitrogens is 2. The van der Waals surface area contributed by atoms with E-state index in [4.69, 9.17) is 11.6 Å². The molecule has 0 bridgehead atoms. The predicted molar refractivity (Wildman–Crippen MR) is 135 cm³/mol. The molecule has 4 aromatic rings. The Bertz CT molecular complexity index is 1320. The van der Waals surface area contributed by atoms with Gasteiger partial charge in [-0.25, -0.2) is 4.98 Å². The molecule has 0 aliphatic carbocycles. The Hall–Kier alpha value is -3.09. The average Bonchev–Trinajstić information content (AvgIpc) is 2.82. The lowest BCUT2D eigenvalue weighted by Gasteiger charge is -2.26. The lowest BCUT2D eigenvalue weighted by Crippen LogP contribution is -2.37. The van der Waals surface area contributed by atoms with E-state index < -0.39 is 0 Å². The maximum absolute atomic E-state index is 13.3. The van der Waals surface area contributed by atoms with E-state index in [0.29, 0.717) is 22.3 Å². The van der Waals surface area contributed by atoms with E-state index in [2.05, 4.69) is 9.97 Å². The van der Waals surface area contributed by atoms with Crippen LogP contribution in [0.4, 0.5) is 0 Å². The number of halogens is 1. The second-order valence-electron chi connectivity index (χ2n) is 8.00. The summed E-state index contributed by atoms with van der Waals surface area (Å²) in [5.41, 5.74) is 2.15. The van der Waals surface area contributed by atoms with E-state index in [1.165, 1.54) is 0 Å². The zero-order chi connectivity index (χ0) is 23.4. The quantitative estimate of drug-likeness (QED) is 0.335. The average molecular weight is 478 g/mol. The summed E-state index contributed by atoms with van der Waals surface area (Å²) in [5.74, 6) is 1.17. The Morgan fingerprint density at radius 1 is 1.03 bits per heavy atom. The fourth-order valence-corrected chi connectivity index (χ4v) is 4.45. The molecule has 0 fully saturated rings. The summed E-state index contributed by atoms with van der Waals surface area (Å²) in [6.07, 6.45) is 0. The number of H-pyrrole nitrogens is 1. The largest absolute Gasteiger partial charge is 0.329 e. The van der Waals surface area contributed by atoms with E-state index in [-0.39, 0.29) is 24.1 Å². The van der Waals surface area contributed by atoms with Crippen molar-refractivity contribution >= 4 is 40.2 Å². The molecule has 0 radical (unpaired) electrons. The molecule has 0 spiro atoms. The number of nitrogens with one attached hydrogen (secondary N) is 1. The molecule has 33 heavy (non-hydrogen) atoms. The smallest absolute Gasteiger partial charge is 0.258 e. The molecule has 3 aromatic carbocycles. The van der Waals surface area contributed by atoms with Gasteiger partial charge in [0, 0.05) is 27.3 Å². The SMILES string of the molecule is CC(C)N(Cc1nc2ccccc2c(=O)[nH]1)C(=O)c1ccc(CSc2ccc(Cl)cc2)cc1. The van der Waals surface area contributed by atoms with Crippen LogP contribution >= 0.6 is 23.4 Å². The van der Waals surface area contributed by atoms with Crippen LogP contribution in [0, 0.1) is 0 Å². The molecule has 168 valence electrons. The van der Waals surface area contributed by atoms with Gasteiger partial charge in [0.2, 0.25) is 0 Å². The molecule has 7 heteroatoms. The van der Waals surface area contributed by atoms with E-state index in [9.17, 15) is 9.59 Å². The van der Waals surface area contributed by atoms with Crippen molar-refractivity contribution in [1.82, 2.24) is 14.9 Å². The molecule has 1 amide bonds. The highest BCUT2D eigenvalue weighted by Gasteiger charge is 2.20. The number of benzene rings is 3. The first-order chi connectivity index (χ1) is 15.9. The minimum atomic E-state index is -0.200. The Kier molecular flexibility index (Phi) is 7.16. The zero-order valence-electron chi connectivity index (χ0n) is 18.4. The van der Waals surface area contributed by atoms with Crippen LogP contribution in [0.1, 0.15) is 35.6 Å². The molecule has 0 atom stereocenters. The highest BCUT2D eigenvalue weighted by atomic mass is 35.5. The molecule has 4 rings (SSSR count). The minimum Gasteiger partial charge on any atom is -0.329 e. The predicted octanol–water partition coefficient (Wildman–Crippen LogP) is 5.92. The molecular weight excluding hydrogens is 454 g/mol. The van der Waals surface area contributed by atoms with E-state index in [0.717, 1.165) is 21.2 Å². The number of thioether (sulfide) groups is 1. The molecule has 0 aliphatic rings. The van der Waals surface area contributed by atoms with Crippen molar-refractivity contribution in [2.45, 2.75) is 37.1 Å². The number of amides is 1. The lowest BCUT2D eigenvalue weighted by atomic mass is 10.1. The molecule has 1 heterocycles. The van der Waals surface area contributed by atoms with Crippen LogP contribution in [0.3, 0.4) is 0 Å². The van der Waals surface area contributed by atoms with Gasteiger partial charge in [0.1, 0.15) is 5.82 Å². The van der Waals surface area contributed by atoms with Gasteiger partial charge in [0.25, 0.3) is 11.5 Å². The van der Waals surface area contributed by atoms with Crippen LogP contribution in [-0.2, 0) is 12.3 Å². The van der Waals surface area contributed by atoms with Crippen molar-refractivity contribution in [2.75, 3.05) is 0 Å². The third kappa shape index (κ3) is 5.64. The third-order valence-electron chi connectivity index (χ3n) is 5.29. The molecule has 1 aromatic heterocycles. The van der Waals surface area contributed by atoms with E-state index in [1.807, 2.05) is 68.4 Å². The maximum Gasteiger partial charge on any atom is 0.258 e. The van der Waals surface area contributed by atoms with Gasteiger partial charge in [0.05, 0.1) is 17.4 Å². The Morgan fingerprint density at radius 3 is 2.42 bits per heavy atom. The normalized spacial score (nSPS) is 11.2. The van der Waals surface area contributed by atoms with Gasteiger partial charge < -0.3 is 9.88 Å². The number of hydrogen-bond acceptors (Lipinski definition) is 4. The van der Waals surface area contributed by atoms with Gasteiger partial charge in [0.15, 0.2) is 0 Å². The number of rotatable bonds is 7. The minimum absolute atomic E-state index is 0.0607. The van der Waals surface area contributed by atoms with Crippen LogP contribution in [0.15, 0.2) is 82.5 Å². The van der Waals surface area contributed by atoms with Crippen molar-refractivity contribution in [3.63, 3.8) is 0 Å². The first kappa shape index (κ1) is 23.1. The van der Waals surface area contributed by atoms with E-state index >= 15 is 0 Å². The first-order valence-corrected chi connectivity index (χ1v) is 12.0. The van der Waals surface area contributed by atoms with Gasteiger partial charge in [-0.1, -0.05) is 35.9 Å². The summed E-state index contributed by atoms with van der Waals surface area (Å²) in [4.78, 5) is 35.9. The second kappa shape index (κ2) is 10.2. The molecule has 0 unspecified atom stereocenters. The summed E-state index contributed by atoms with van der Waals surface area (Å²) in [6, 6.07) is 22.5. The number of hydrogen-bond donors (Lipinski definition) is 1. The standard InChI is InChI=1S/C26H24ClN3O2S/c1-17(2)30(15-24-28-23-6-4-3-5-22(23)25(31)29-24)26(32)19-9-7-18(8-10-19)16-33-21-13-11-20(27)12-14-21/h3-14,17H,15-16H2,1-2H3,(H,28,29,31). The Balaban J connectivity index is 1.47. The monoisotopic (exact) mass is 477 g/mol. The van der Waals surface area contributed by atoms with Crippen LogP contribution in [-0.4, -0.2) is 26.8 Å². The summed E-state index contributed by atoms with van der Waals surface area (Å²) >= 11 is 7.66. The zero-order valence-corrected chi connectivity index (χ0v) is 20.0. The number of para-hydroxylation sites is 1. The van der Waals surface area contributed by atoms with Crippen LogP contribution < -0.4 is 5.56 Å². The molecule has 5 nitrogen and oxygen atoms in total. The summed E-state index contributed by atoms with van der Waals surface area (Å²) in [5, 5.41) is 1.26. The molecular formula is C26H24ClN3O2S. The fourth-order valence-electron chi connectivity index (χ4n) is 3.47. The van der Waals surface area contributed by atoms with Crippen LogP contribution in [0.25, 0.3) is 10.9 Å². The number of carbonyl (C=O) groups excluding carboxylic acids is 1. The fraction of sp³-hybridized carbons (Fsp3) is 0.192. The topological polar surface area (TPSA) is 66.1 Å². The second-order valence-corrected chi connectivity index (χ2v) is 9.48. The summed E-state index contributed by atoms with van der Waals surface area (Å²) in [6.45, 7) is 4.13. The Morgan fingerprint density at radius 2 is 1.73 bits per heavy atom. The van der Waals surface area contributed by atoms with Gasteiger partial charge in [-0.15, -0.1) is 11.8 Å². The van der Waals surface area contributed by atoms with Crippen molar-refractivity contribution < 1.29 is 4.79 Å². The molecule has 0 aliphatic heterocycles. The maximum atomic E-state index is 13.3. The van der Waals surface area contributed by atoms with Gasteiger partial charge in [-0.2, -0.15) is 0 Å². The van der Waals surface area contributed by atoms with Crippen LogP contribution in [0.5, 0.6) is 0 Å². The van der Waals surface area contributed by atoms with Crippen molar-refractivity contribution in [1.29, 1.82) is 0 Å². The summed E-state index contributed by atoms with van der Waals surface area (Å²) in [7, 11) is 0. The first-order valence-electron chi connectivity index (χ1n) is 10.7. The van der Waals surface area contributed by atoms with Crippen molar-refractivity contribution in [3.8, 4) is 0 Å². The molecule has 0 saturated heterocycles.